The number of aromatic nitrogens is 1. The van der Waals surface area contributed by atoms with Crippen LogP contribution in [0, 0.1) is 13.8 Å². The molecule has 0 radical (unpaired) electrons. The van der Waals surface area contributed by atoms with Crippen LogP contribution in [0.3, 0.4) is 0 Å². The average Bonchev–Trinajstić information content (AvgIpc) is 2.25. The molecular weight excluding hydrogens is 264 g/mol. The maximum Gasteiger partial charge on any atom is 0.266 e. The van der Waals surface area contributed by atoms with Crippen LogP contribution in [0.25, 0.3) is 10.9 Å². The Kier molecular flexibility index (Phi) is 3.28. The molecule has 1 aromatic carbocycles. The number of aryl methyl sites for hydroxylation is 2. The average molecular weight is 278 g/mol. The number of amides is 1. The molecule has 100 valence electrons. The summed E-state index contributed by atoms with van der Waals surface area (Å²) in [5.74, 6) is -0.657. The zero-order chi connectivity index (χ0) is 14.2. The Labute approximate surface area is 111 Å². The van der Waals surface area contributed by atoms with E-state index >= 15 is 0 Å². The molecule has 0 aliphatic rings. The van der Waals surface area contributed by atoms with Crippen LogP contribution in [0.2, 0.25) is 0 Å². The van der Waals surface area contributed by atoms with Crippen LogP contribution in [0.5, 0.6) is 0 Å². The summed E-state index contributed by atoms with van der Waals surface area (Å²) in [5, 5.41) is 0.801. The van der Waals surface area contributed by atoms with Crippen molar-refractivity contribution in [1.29, 1.82) is 0 Å². The molecule has 2 aromatic rings. The Balaban J connectivity index is 2.53. The standard InChI is InChI=1S/C13H14N2O3S/c1-8-4-5-10-7-11(9(2)14-12(10)6-8)13(16)15-19(3,17)18/h4-7H,1-3H3,(H,15,16). The highest BCUT2D eigenvalue weighted by atomic mass is 32.2. The van der Waals surface area contributed by atoms with Crippen LogP contribution >= 0.6 is 0 Å². The molecule has 2 rings (SSSR count). The fourth-order valence-corrected chi connectivity index (χ4v) is 2.27. The van der Waals surface area contributed by atoms with Gasteiger partial charge in [0, 0.05) is 5.39 Å². The Bertz CT molecular complexity index is 767. The van der Waals surface area contributed by atoms with Crippen LogP contribution in [0.1, 0.15) is 21.6 Å². The maximum atomic E-state index is 11.9. The van der Waals surface area contributed by atoms with Gasteiger partial charge in [0.2, 0.25) is 10.0 Å². The van der Waals surface area contributed by atoms with Crippen molar-refractivity contribution in [2.45, 2.75) is 13.8 Å². The quantitative estimate of drug-likeness (QED) is 0.904. The lowest BCUT2D eigenvalue weighted by atomic mass is 10.1. The number of hydrogen-bond acceptors (Lipinski definition) is 4. The zero-order valence-electron chi connectivity index (χ0n) is 10.9. The van der Waals surface area contributed by atoms with Crippen LogP contribution < -0.4 is 4.72 Å². The SMILES string of the molecule is Cc1ccc2cc(C(=O)NS(C)(=O)=O)c(C)nc2c1. The zero-order valence-corrected chi connectivity index (χ0v) is 11.7. The van der Waals surface area contributed by atoms with E-state index in [0.29, 0.717) is 5.69 Å². The van der Waals surface area contributed by atoms with E-state index in [1.807, 2.05) is 29.8 Å². The van der Waals surface area contributed by atoms with E-state index in [4.69, 9.17) is 0 Å². The van der Waals surface area contributed by atoms with Gasteiger partial charge in [-0.25, -0.2) is 13.1 Å². The summed E-state index contributed by atoms with van der Waals surface area (Å²) in [6.07, 6.45) is 0.943. The molecule has 1 aromatic heterocycles. The number of fused-ring (bicyclic) bond motifs is 1. The first-order chi connectivity index (χ1) is 8.76. The van der Waals surface area contributed by atoms with Gasteiger partial charge in [0.25, 0.3) is 5.91 Å². The molecule has 5 nitrogen and oxygen atoms in total. The summed E-state index contributed by atoms with van der Waals surface area (Å²) < 4.78 is 24.1. The predicted octanol–water partition coefficient (Wildman–Crippen LogP) is 1.54. The van der Waals surface area contributed by atoms with Crippen molar-refractivity contribution in [2.75, 3.05) is 6.26 Å². The first-order valence-corrected chi connectivity index (χ1v) is 7.55. The minimum atomic E-state index is -3.58. The molecule has 0 saturated heterocycles. The molecular formula is C13H14N2O3S. The van der Waals surface area contributed by atoms with Crippen LogP contribution in [-0.4, -0.2) is 25.6 Å². The summed E-state index contributed by atoms with van der Waals surface area (Å²) in [4.78, 5) is 16.2. The van der Waals surface area contributed by atoms with Crippen LogP contribution in [0.15, 0.2) is 24.3 Å². The Morgan fingerprint density at radius 2 is 1.89 bits per heavy atom. The summed E-state index contributed by atoms with van der Waals surface area (Å²) in [6.45, 7) is 3.64. The molecule has 0 aliphatic carbocycles. The highest BCUT2D eigenvalue weighted by Gasteiger charge is 2.15. The Morgan fingerprint density at radius 3 is 2.53 bits per heavy atom. The number of sulfonamides is 1. The molecule has 0 bridgehead atoms. The Morgan fingerprint density at radius 1 is 1.21 bits per heavy atom. The largest absolute Gasteiger partial charge is 0.268 e. The molecule has 0 atom stereocenters. The van der Waals surface area contributed by atoms with Gasteiger partial charge in [-0.05, 0) is 31.5 Å². The van der Waals surface area contributed by atoms with E-state index in [2.05, 4.69) is 4.98 Å². The monoisotopic (exact) mass is 278 g/mol. The third-order valence-corrected chi connectivity index (χ3v) is 3.24. The number of nitrogens with one attached hydrogen (secondary N) is 1. The number of carbonyl (C=O) groups is 1. The summed E-state index contributed by atoms with van der Waals surface area (Å²) in [7, 11) is -3.58. The van der Waals surface area contributed by atoms with Crippen LogP contribution in [-0.2, 0) is 10.0 Å². The molecule has 1 heterocycles. The summed E-state index contributed by atoms with van der Waals surface area (Å²) in [6, 6.07) is 7.34. The molecule has 6 heteroatoms. The third-order valence-electron chi connectivity index (χ3n) is 2.69. The van der Waals surface area contributed by atoms with Crippen LogP contribution in [0.4, 0.5) is 0 Å². The highest BCUT2D eigenvalue weighted by Crippen LogP contribution is 2.18. The molecule has 1 amide bonds. The number of rotatable bonds is 2. The second kappa shape index (κ2) is 4.62. The van der Waals surface area contributed by atoms with Gasteiger partial charge in [-0.15, -0.1) is 0 Å². The maximum absolute atomic E-state index is 11.9. The van der Waals surface area contributed by atoms with Gasteiger partial charge in [-0.2, -0.15) is 0 Å². The summed E-state index contributed by atoms with van der Waals surface area (Å²) in [5.41, 5.74) is 2.63. The molecule has 0 fully saturated rings. The first-order valence-electron chi connectivity index (χ1n) is 5.66. The van der Waals surface area contributed by atoms with E-state index in [1.165, 1.54) is 0 Å². The molecule has 0 spiro atoms. The van der Waals surface area contributed by atoms with Gasteiger partial charge in [0.05, 0.1) is 23.0 Å². The smallest absolute Gasteiger partial charge is 0.266 e. The fourth-order valence-electron chi connectivity index (χ4n) is 1.83. The van der Waals surface area contributed by atoms with E-state index < -0.39 is 15.9 Å². The topological polar surface area (TPSA) is 76.1 Å². The van der Waals surface area contributed by atoms with Gasteiger partial charge in [-0.1, -0.05) is 12.1 Å². The van der Waals surface area contributed by atoms with Gasteiger partial charge >= 0.3 is 0 Å². The predicted molar refractivity (Wildman–Crippen MR) is 73.5 cm³/mol. The van der Waals surface area contributed by atoms with Crippen molar-refractivity contribution in [2.24, 2.45) is 0 Å². The number of carbonyl (C=O) groups excluding carboxylic acids is 1. The van der Waals surface area contributed by atoms with Gasteiger partial charge in [-0.3, -0.25) is 9.78 Å². The van der Waals surface area contributed by atoms with Crippen molar-refractivity contribution in [1.82, 2.24) is 9.71 Å². The van der Waals surface area contributed by atoms with Crippen molar-refractivity contribution in [3.8, 4) is 0 Å². The van der Waals surface area contributed by atoms with E-state index in [9.17, 15) is 13.2 Å². The minimum absolute atomic E-state index is 0.266. The number of hydrogen-bond donors (Lipinski definition) is 1. The fraction of sp³-hybridized carbons (Fsp3) is 0.231. The van der Waals surface area contributed by atoms with E-state index in [0.717, 1.165) is 22.7 Å². The lowest BCUT2D eigenvalue weighted by Crippen LogP contribution is -2.30. The minimum Gasteiger partial charge on any atom is -0.268 e. The third kappa shape index (κ3) is 3.08. The Hall–Kier alpha value is -1.95. The number of pyridine rings is 1. The van der Waals surface area contributed by atoms with E-state index in [-0.39, 0.29) is 5.56 Å². The molecule has 0 unspecified atom stereocenters. The van der Waals surface area contributed by atoms with Crippen molar-refractivity contribution in [3.05, 3.63) is 41.1 Å². The molecule has 0 saturated carbocycles. The molecule has 1 N–H and O–H groups in total. The van der Waals surface area contributed by atoms with Gasteiger partial charge in [0.1, 0.15) is 0 Å². The van der Waals surface area contributed by atoms with Gasteiger partial charge in [0.15, 0.2) is 0 Å². The number of benzene rings is 1. The second-order valence-corrected chi connectivity index (χ2v) is 6.27. The van der Waals surface area contributed by atoms with Gasteiger partial charge < -0.3 is 0 Å². The molecule has 19 heavy (non-hydrogen) atoms. The van der Waals surface area contributed by atoms with E-state index in [1.54, 1.807) is 13.0 Å². The second-order valence-electron chi connectivity index (χ2n) is 4.52. The molecule has 0 aliphatic heterocycles. The highest BCUT2D eigenvalue weighted by molar-refractivity contribution is 7.89. The number of nitrogens with zero attached hydrogens (tertiary/aromatic N) is 1. The lowest BCUT2D eigenvalue weighted by molar-refractivity contribution is 0.0981. The van der Waals surface area contributed by atoms with Crippen molar-refractivity contribution < 1.29 is 13.2 Å². The van der Waals surface area contributed by atoms with Crippen molar-refractivity contribution >= 4 is 26.8 Å². The first kappa shape index (κ1) is 13.5. The lowest BCUT2D eigenvalue weighted by Gasteiger charge is -2.08. The van der Waals surface area contributed by atoms with Crippen molar-refractivity contribution in [3.63, 3.8) is 0 Å². The normalized spacial score (nSPS) is 11.5. The summed E-state index contributed by atoms with van der Waals surface area (Å²) >= 11 is 0.